The maximum absolute atomic E-state index is 12.7. The molecule has 39 heavy (non-hydrogen) atoms. The van der Waals surface area contributed by atoms with E-state index in [-0.39, 0.29) is 48.6 Å². The van der Waals surface area contributed by atoms with Crippen LogP contribution in [-0.4, -0.2) is 98.0 Å². The summed E-state index contributed by atoms with van der Waals surface area (Å²) in [6.07, 6.45) is 6.34. The second-order valence-electron chi connectivity index (χ2n) is 9.88. The highest BCUT2D eigenvalue weighted by atomic mass is 16.5. The number of carbonyl (C=O) groups is 4. The van der Waals surface area contributed by atoms with E-state index in [1.54, 1.807) is 30.4 Å². The summed E-state index contributed by atoms with van der Waals surface area (Å²) >= 11 is 0. The molecule has 3 rings (SSSR count). The summed E-state index contributed by atoms with van der Waals surface area (Å²) in [5.41, 5.74) is 0.836. The third-order valence-electron chi connectivity index (χ3n) is 7.15. The minimum absolute atomic E-state index is 0.0436. The van der Waals surface area contributed by atoms with Gasteiger partial charge in [0.2, 0.25) is 17.7 Å². The summed E-state index contributed by atoms with van der Waals surface area (Å²) < 4.78 is 16.4. The lowest BCUT2D eigenvalue weighted by Crippen LogP contribution is -2.39. The van der Waals surface area contributed by atoms with Crippen LogP contribution in [0.5, 0.6) is 0 Å². The fourth-order valence-corrected chi connectivity index (χ4v) is 4.98. The molecule has 1 saturated heterocycles. The molecule has 1 aromatic rings. The van der Waals surface area contributed by atoms with Crippen LogP contribution in [0.3, 0.4) is 0 Å². The van der Waals surface area contributed by atoms with Crippen molar-refractivity contribution in [2.45, 2.75) is 50.6 Å². The van der Waals surface area contributed by atoms with Gasteiger partial charge in [-0.3, -0.25) is 24.2 Å². The highest BCUT2D eigenvalue weighted by Crippen LogP contribution is 2.36. The standard InChI is InChI=1S/C27H40N4O8/c1-31-24(33)17-22(25(31)20-3-2-9-28-18-20)26(34)29-10-12-38-14-16-39-15-13-37-11-8-23(32)30-21-6-4-19(5-7-21)27(35)36/h2-3,9,18-19,21-22,25H,4-8,10-17H2,1H3,(H,29,34)(H,30,32)(H,35,36)/t19-,21+,22-,25+/m0/s1. The maximum Gasteiger partial charge on any atom is 0.306 e. The second-order valence-corrected chi connectivity index (χ2v) is 9.88. The number of aliphatic carboxylic acids is 1. The molecule has 0 spiro atoms. The zero-order valence-corrected chi connectivity index (χ0v) is 22.5. The third-order valence-corrected chi connectivity index (χ3v) is 7.15. The summed E-state index contributed by atoms with van der Waals surface area (Å²) in [7, 11) is 1.71. The van der Waals surface area contributed by atoms with Crippen LogP contribution in [0.15, 0.2) is 24.5 Å². The Morgan fingerprint density at radius 1 is 1.03 bits per heavy atom. The van der Waals surface area contributed by atoms with Crippen LogP contribution in [0.4, 0.5) is 0 Å². The summed E-state index contributed by atoms with van der Waals surface area (Å²) in [5.74, 6) is -1.86. The van der Waals surface area contributed by atoms with Crippen LogP contribution >= 0.6 is 0 Å². The number of carboxylic acid groups (broad SMARTS) is 1. The van der Waals surface area contributed by atoms with E-state index in [1.807, 2.05) is 6.07 Å². The lowest BCUT2D eigenvalue weighted by atomic mass is 9.86. The Morgan fingerprint density at radius 2 is 1.69 bits per heavy atom. The molecule has 1 aliphatic carbocycles. The van der Waals surface area contributed by atoms with E-state index in [2.05, 4.69) is 15.6 Å². The number of likely N-dealkylation sites (tertiary alicyclic amines) is 1. The predicted octanol–water partition coefficient (Wildman–Crippen LogP) is 0.917. The number of carbonyl (C=O) groups excluding carboxylic acids is 3. The number of carboxylic acids is 1. The highest BCUT2D eigenvalue weighted by molar-refractivity contribution is 5.90. The van der Waals surface area contributed by atoms with Crippen molar-refractivity contribution in [3.63, 3.8) is 0 Å². The fourth-order valence-electron chi connectivity index (χ4n) is 4.98. The van der Waals surface area contributed by atoms with E-state index in [0.717, 1.165) is 5.56 Å². The molecule has 1 saturated carbocycles. The van der Waals surface area contributed by atoms with Gasteiger partial charge in [0.25, 0.3) is 0 Å². The first kappa shape index (κ1) is 30.5. The first-order chi connectivity index (χ1) is 18.9. The molecule has 0 bridgehead atoms. The molecule has 2 heterocycles. The molecule has 0 radical (unpaired) electrons. The number of hydrogen-bond donors (Lipinski definition) is 3. The van der Waals surface area contributed by atoms with E-state index in [9.17, 15) is 19.2 Å². The molecule has 3 N–H and O–H groups in total. The molecule has 3 amide bonds. The van der Waals surface area contributed by atoms with Crippen molar-refractivity contribution in [3.05, 3.63) is 30.1 Å². The Labute approximate surface area is 228 Å². The lowest BCUT2D eigenvalue weighted by molar-refractivity contribution is -0.143. The molecule has 216 valence electrons. The Hall–Kier alpha value is -3.09. The average molecular weight is 549 g/mol. The minimum Gasteiger partial charge on any atom is -0.481 e. The van der Waals surface area contributed by atoms with Gasteiger partial charge < -0.3 is 34.9 Å². The normalized spacial score (nSPS) is 23.0. The SMILES string of the molecule is CN1C(=O)C[C@H](C(=O)NCCOCCOCCOCCC(=O)N[C@H]2CC[C@@H](C(=O)O)CC2)[C@H]1c1cccnc1. The van der Waals surface area contributed by atoms with Crippen LogP contribution in [0.2, 0.25) is 0 Å². The Bertz CT molecular complexity index is 939. The number of pyridine rings is 1. The van der Waals surface area contributed by atoms with Crippen molar-refractivity contribution in [1.29, 1.82) is 0 Å². The monoisotopic (exact) mass is 548 g/mol. The zero-order valence-electron chi connectivity index (χ0n) is 22.5. The van der Waals surface area contributed by atoms with Crippen LogP contribution in [0.25, 0.3) is 0 Å². The van der Waals surface area contributed by atoms with E-state index in [4.69, 9.17) is 19.3 Å². The molecule has 1 aromatic heterocycles. The number of nitrogens with one attached hydrogen (secondary N) is 2. The number of rotatable bonds is 16. The minimum atomic E-state index is -0.756. The van der Waals surface area contributed by atoms with Gasteiger partial charge in [-0.1, -0.05) is 6.07 Å². The van der Waals surface area contributed by atoms with Gasteiger partial charge >= 0.3 is 5.97 Å². The first-order valence-electron chi connectivity index (χ1n) is 13.6. The van der Waals surface area contributed by atoms with Gasteiger partial charge in [-0.2, -0.15) is 0 Å². The Balaban J connectivity index is 1.15. The molecule has 2 fully saturated rings. The van der Waals surface area contributed by atoms with Gasteiger partial charge in [-0.25, -0.2) is 0 Å². The molecule has 0 unspecified atom stereocenters. The second kappa shape index (κ2) is 16.1. The van der Waals surface area contributed by atoms with E-state index >= 15 is 0 Å². The van der Waals surface area contributed by atoms with Crippen LogP contribution in [0.1, 0.15) is 50.1 Å². The summed E-state index contributed by atoms with van der Waals surface area (Å²) in [6.45, 7) is 2.43. The van der Waals surface area contributed by atoms with Crippen molar-refractivity contribution in [1.82, 2.24) is 20.5 Å². The zero-order chi connectivity index (χ0) is 28.0. The third kappa shape index (κ3) is 9.86. The van der Waals surface area contributed by atoms with E-state index in [0.29, 0.717) is 71.9 Å². The maximum atomic E-state index is 12.7. The molecule has 2 atom stereocenters. The molecule has 0 aromatic carbocycles. The Morgan fingerprint density at radius 3 is 2.33 bits per heavy atom. The summed E-state index contributed by atoms with van der Waals surface area (Å²) in [5, 5.41) is 14.8. The molecule has 2 aliphatic rings. The van der Waals surface area contributed by atoms with Crippen molar-refractivity contribution >= 4 is 23.7 Å². The van der Waals surface area contributed by atoms with Gasteiger partial charge in [0.1, 0.15) is 0 Å². The topological polar surface area (TPSA) is 156 Å². The molecular formula is C27H40N4O8. The van der Waals surface area contributed by atoms with E-state index < -0.39 is 11.9 Å². The van der Waals surface area contributed by atoms with Crippen LogP contribution < -0.4 is 10.6 Å². The number of aromatic nitrogens is 1. The van der Waals surface area contributed by atoms with Crippen molar-refractivity contribution < 1.29 is 38.5 Å². The lowest BCUT2D eigenvalue weighted by Gasteiger charge is -2.26. The first-order valence-corrected chi connectivity index (χ1v) is 13.6. The van der Waals surface area contributed by atoms with Crippen molar-refractivity contribution in [2.75, 3.05) is 53.2 Å². The smallest absolute Gasteiger partial charge is 0.306 e. The molecule has 12 heteroatoms. The van der Waals surface area contributed by atoms with Crippen LogP contribution in [0, 0.1) is 11.8 Å². The number of hydrogen-bond acceptors (Lipinski definition) is 8. The highest BCUT2D eigenvalue weighted by Gasteiger charge is 2.42. The van der Waals surface area contributed by atoms with Gasteiger partial charge in [0.05, 0.1) is 57.5 Å². The molecule has 1 aliphatic heterocycles. The largest absolute Gasteiger partial charge is 0.481 e. The average Bonchev–Trinajstić information content (AvgIpc) is 3.23. The molecule has 12 nitrogen and oxygen atoms in total. The summed E-state index contributed by atoms with van der Waals surface area (Å²) in [6, 6.07) is 3.38. The van der Waals surface area contributed by atoms with Gasteiger partial charge in [-0.15, -0.1) is 0 Å². The van der Waals surface area contributed by atoms with Gasteiger partial charge in [0.15, 0.2) is 0 Å². The quantitative estimate of drug-likeness (QED) is 0.256. The van der Waals surface area contributed by atoms with Crippen LogP contribution in [-0.2, 0) is 33.4 Å². The Kier molecular flexibility index (Phi) is 12.6. The van der Waals surface area contributed by atoms with Crippen molar-refractivity contribution in [2.24, 2.45) is 11.8 Å². The number of amides is 3. The van der Waals surface area contributed by atoms with Gasteiger partial charge in [0, 0.05) is 44.9 Å². The number of ether oxygens (including phenoxy) is 3. The summed E-state index contributed by atoms with van der Waals surface area (Å²) in [4.78, 5) is 53.6. The fraction of sp³-hybridized carbons (Fsp3) is 0.667. The molecular weight excluding hydrogens is 508 g/mol. The van der Waals surface area contributed by atoms with E-state index in [1.165, 1.54) is 0 Å². The van der Waals surface area contributed by atoms with Crippen molar-refractivity contribution in [3.8, 4) is 0 Å². The number of nitrogens with zero attached hydrogens (tertiary/aromatic N) is 2. The van der Waals surface area contributed by atoms with Gasteiger partial charge in [-0.05, 0) is 37.3 Å². The predicted molar refractivity (Wildman–Crippen MR) is 139 cm³/mol.